The highest BCUT2D eigenvalue weighted by atomic mass is 16.3. The molecule has 25 heavy (non-hydrogen) atoms. The second-order valence-electron chi connectivity index (χ2n) is 8.87. The first-order valence-corrected chi connectivity index (χ1v) is 9.11. The first-order chi connectivity index (χ1) is 11.6. The summed E-state index contributed by atoms with van der Waals surface area (Å²) >= 11 is 0. The van der Waals surface area contributed by atoms with Crippen molar-refractivity contribution in [1.82, 2.24) is 0 Å². The predicted molar refractivity (Wildman–Crippen MR) is 92.8 cm³/mol. The standard InChI is InChI=1S/C20H28O5/c1-10(9-21)13-15(23)11-8-12(22)18-19(2,3)6-5-7-20(18,4)14(11)17(25)16(13)24/h10,12,18,21-23H,5-9H2,1-4H3/t10-,12+,18-,20+/m0/s1. The molecule has 3 N–H and O–H groups in total. The van der Waals surface area contributed by atoms with Gasteiger partial charge in [0.25, 0.3) is 0 Å². The normalized spacial score (nSPS) is 36.2. The van der Waals surface area contributed by atoms with Gasteiger partial charge >= 0.3 is 0 Å². The van der Waals surface area contributed by atoms with Crippen LogP contribution in [0.1, 0.15) is 53.4 Å². The molecule has 0 aromatic carbocycles. The van der Waals surface area contributed by atoms with E-state index < -0.39 is 29.0 Å². The van der Waals surface area contributed by atoms with Crippen molar-refractivity contribution in [2.24, 2.45) is 22.7 Å². The van der Waals surface area contributed by atoms with Gasteiger partial charge in [0.1, 0.15) is 5.76 Å². The van der Waals surface area contributed by atoms with E-state index in [-0.39, 0.29) is 35.7 Å². The molecule has 138 valence electrons. The number of rotatable bonds is 2. The number of aliphatic hydroxyl groups excluding tert-OH is 3. The molecule has 3 aliphatic carbocycles. The summed E-state index contributed by atoms with van der Waals surface area (Å²) in [5.41, 5.74) is 0.0156. The SMILES string of the molecule is C[C@@H](CO)C1=C(O)C2=C(C(=O)C1=O)[C@@]1(C)CCCC(C)(C)[C@@H]1[C@H](O)C2. The van der Waals surface area contributed by atoms with E-state index in [0.29, 0.717) is 17.6 Å². The molecule has 0 spiro atoms. The summed E-state index contributed by atoms with van der Waals surface area (Å²) in [5, 5.41) is 31.0. The van der Waals surface area contributed by atoms with E-state index in [4.69, 9.17) is 0 Å². The zero-order valence-electron chi connectivity index (χ0n) is 15.4. The molecule has 5 heteroatoms. The lowest BCUT2D eigenvalue weighted by Gasteiger charge is -2.56. The van der Waals surface area contributed by atoms with Crippen LogP contribution in [0.25, 0.3) is 0 Å². The number of carbonyl (C=O) groups excluding carboxylic acids is 2. The Bertz CT molecular complexity index is 699. The van der Waals surface area contributed by atoms with Crippen LogP contribution in [0.3, 0.4) is 0 Å². The van der Waals surface area contributed by atoms with Gasteiger partial charge in [-0.15, -0.1) is 0 Å². The molecule has 0 aliphatic heterocycles. The fourth-order valence-corrected chi connectivity index (χ4v) is 5.75. The molecule has 1 fully saturated rings. The monoisotopic (exact) mass is 348 g/mol. The lowest BCUT2D eigenvalue weighted by atomic mass is 9.48. The molecule has 0 radical (unpaired) electrons. The van der Waals surface area contributed by atoms with Crippen molar-refractivity contribution in [3.63, 3.8) is 0 Å². The van der Waals surface area contributed by atoms with Crippen LogP contribution in [0.15, 0.2) is 22.5 Å². The summed E-state index contributed by atoms with van der Waals surface area (Å²) < 4.78 is 0. The Hall–Kier alpha value is -1.46. The number of carbonyl (C=O) groups is 2. The Morgan fingerprint density at radius 2 is 1.80 bits per heavy atom. The van der Waals surface area contributed by atoms with Crippen molar-refractivity contribution in [1.29, 1.82) is 0 Å². The molecule has 0 heterocycles. The molecule has 0 amide bonds. The van der Waals surface area contributed by atoms with Crippen LogP contribution in [-0.2, 0) is 9.59 Å². The largest absolute Gasteiger partial charge is 0.507 e. The number of hydrogen-bond donors (Lipinski definition) is 3. The van der Waals surface area contributed by atoms with Gasteiger partial charge in [0, 0.05) is 35.5 Å². The molecule has 3 rings (SSSR count). The summed E-state index contributed by atoms with van der Waals surface area (Å²) in [4.78, 5) is 25.7. The maximum atomic E-state index is 13.0. The second-order valence-corrected chi connectivity index (χ2v) is 8.87. The average Bonchev–Trinajstić information content (AvgIpc) is 2.50. The van der Waals surface area contributed by atoms with Gasteiger partial charge in [0.15, 0.2) is 0 Å². The van der Waals surface area contributed by atoms with Gasteiger partial charge in [-0.1, -0.05) is 34.1 Å². The van der Waals surface area contributed by atoms with Gasteiger partial charge in [-0.3, -0.25) is 9.59 Å². The smallest absolute Gasteiger partial charge is 0.233 e. The predicted octanol–water partition coefficient (Wildman–Crippen LogP) is 2.47. The Labute approximate surface area is 148 Å². The lowest BCUT2D eigenvalue weighted by Crippen LogP contribution is -2.55. The van der Waals surface area contributed by atoms with Gasteiger partial charge in [0.2, 0.25) is 11.6 Å². The van der Waals surface area contributed by atoms with Crippen LogP contribution in [0.5, 0.6) is 0 Å². The zero-order chi connectivity index (χ0) is 18.7. The fourth-order valence-electron chi connectivity index (χ4n) is 5.75. The van der Waals surface area contributed by atoms with Crippen LogP contribution >= 0.6 is 0 Å². The van der Waals surface area contributed by atoms with Gasteiger partial charge in [-0.25, -0.2) is 0 Å². The maximum Gasteiger partial charge on any atom is 0.233 e. The van der Waals surface area contributed by atoms with Crippen LogP contribution in [0, 0.1) is 22.7 Å². The number of Topliss-reactive ketones (excluding diaryl/α,β-unsaturated/α-hetero) is 2. The molecule has 0 aromatic rings. The molecule has 0 unspecified atom stereocenters. The van der Waals surface area contributed by atoms with E-state index in [1.807, 2.05) is 6.92 Å². The van der Waals surface area contributed by atoms with Crippen molar-refractivity contribution in [3.05, 3.63) is 22.5 Å². The van der Waals surface area contributed by atoms with E-state index in [1.165, 1.54) is 0 Å². The van der Waals surface area contributed by atoms with Gasteiger partial charge in [-0.2, -0.15) is 0 Å². The van der Waals surface area contributed by atoms with E-state index >= 15 is 0 Å². The Morgan fingerprint density at radius 3 is 2.40 bits per heavy atom. The highest BCUT2D eigenvalue weighted by molar-refractivity contribution is 6.50. The van der Waals surface area contributed by atoms with Crippen molar-refractivity contribution < 1.29 is 24.9 Å². The number of allylic oxidation sites excluding steroid dienone is 2. The third-order valence-electron chi connectivity index (χ3n) is 6.70. The third kappa shape index (κ3) is 2.43. The molecule has 0 saturated heterocycles. The minimum Gasteiger partial charge on any atom is -0.507 e. The minimum absolute atomic E-state index is 0.0180. The fraction of sp³-hybridized carbons (Fsp3) is 0.700. The maximum absolute atomic E-state index is 13.0. The minimum atomic E-state index is -0.711. The number of hydrogen-bond acceptors (Lipinski definition) is 5. The van der Waals surface area contributed by atoms with Crippen LogP contribution in [-0.4, -0.2) is 39.6 Å². The van der Waals surface area contributed by atoms with E-state index in [1.54, 1.807) is 6.92 Å². The Morgan fingerprint density at radius 1 is 1.16 bits per heavy atom. The summed E-state index contributed by atoms with van der Waals surface area (Å²) in [5.74, 6) is -2.23. The molecule has 0 bridgehead atoms. The van der Waals surface area contributed by atoms with Crippen LogP contribution in [0.4, 0.5) is 0 Å². The Balaban J connectivity index is 2.24. The summed E-state index contributed by atoms with van der Waals surface area (Å²) in [7, 11) is 0. The van der Waals surface area contributed by atoms with Crippen LogP contribution < -0.4 is 0 Å². The van der Waals surface area contributed by atoms with Crippen LogP contribution in [0.2, 0.25) is 0 Å². The van der Waals surface area contributed by atoms with E-state index in [2.05, 4.69) is 13.8 Å². The highest BCUT2D eigenvalue weighted by Gasteiger charge is 2.58. The quantitative estimate of drug-likeness (QED) is 0.526. The molecule has 4 atom stereocenters. The molecule has 3 aliphatic rings. The highest BCUT2D eigenvalue weighted by Crippen LogP contribution is 2.61. The Kier molecular flexibility index (Phi) is 4.24. The summed E-state index contributed by atoms with van der Waals surface area (Å²) in [6.45, 7) is 7.45. The molecule has 1 saturated carbocycles. The number of ketones is 2. The lowest BCUT2D eigenvalue weighted by molar-refractivity contribution is -0.136. The number of fused-ring (bicyclic) bond motifs is 2. The molecular formula is C20H28O5. The van der Waals surface area contributed by atoms with Crippen molar-refractivity contribution >= 4 is 11.6 Å². The van der Waals surface area contributed by atoms with Crippen molar-refractivity contribution in [2.75, 3.05) is 6.61 Å². The van der Waals surface area contributed by atoms with Gasteiger partial charge in [-0.05, 0) is 24.2 Å². The first-order valence-electron chi connectivity index (χ1n) is 9.11. The average molecular weight is 348 g/mol. The topological polar surface area (TPSA) is 94.8 Å². The molecule has 0 aromatic heterocycles. The van der Waals surface area contributed by atoms with E-state index in [0.717, 1.165) is 12.8 Å². The van der Waals surface area contributed by atoms with Gasteiger partial charge in [0.05, 0.1) is 11.7 Å². The second kappa shape index (κ2) is 5.78. The first kappa shape index (κ1) is 18.3. The molecular weight excluding hydrogens is 320 g/mol. The third-order valence-corrected chi connectivity index (χ3v) is 6.70. The summed E-state index contributed by atoms with van der Waals surface area (Å²) in [6, 6.07) is 0. The zero-order valence-corrected chi connectivity index (χ0v) is 15.4. The van der Waals surface area contributed by atoms with Crippen molar-refractivity contribution in [2.45, 2.75) is 59.5 Å². The van der Waals surface area contributed by atoms with Crippen molar-refractivity contribution in [3.8, 4) is 0 Å². The number of aliphatic hydroxyl groups is 3. The van der Waals surface area contributed by atoms with E-state index in [9.17, 15) is 24.9 Å². The van der Waals surface area contributed by atoms with Gasteiger partial charge < -0.3 is 15.3 Å². The molecule has 5 nitrogen and oxygen atoms in total. The summed E-state index contributed by atoms with van der Waals surface area (Å²) in [6.07, 6.45) is 2.09.